The second kappa shape index (κ2) is 11.9. The zero-order chi connectivity index (χ0) is 24.6. The molecule has 0 aliphatic carbocycles. The Morgan fingerprint density at radius 3 is 1.53 bits per heavy atom. The Hall–Kier alpha value is -3.55. The van der Waals surface area contributed by atoms with E-state index < -0.39 is 7.92 Å². The topological polar surface area (TPSA) is 38.0 Å². The second-order valence-electron chi connectivity index (χ2n) is 8.84. The van der Waals surface area contributed by atoms with Crippen LogP contribution >= 0.6 is 7.92 Å². The Kier molecular flexibility index (Phi) is 8.00. The van der Waals surface area contributed by atoms with E-state index in [4.69, 9.17) is 5.73 Å². The van der Waals surface area contributed by atoms with Crippen molar-refractivity contribution in [2.45, 2.75) is 18.6 Å². The van der Waals surface area contributed by atoms with Crippen molar-refractivity contribution in [3.63, 3.8) is 0 Å². The third kappa shape index (κ3) is 5.64. The van der Waals surface area contributed by atoms with Gasteiger partial charge in [0, 0.05) is 12.6 Å². The highest BCUT2D eigenvalue weighted by Crippen LogP contribution is 2.34. The SMILES string of the molecule is N[C@@H](c1ccccc1)[C@@H](NCc1ccccc1P(c1ccccc1)c1ccccc1)c1ccccc1. The molecule has 0 fully saturated rings. The standard InChI is InChI=1S/C33H31N2P/c34-32(26-15-5-1-6-16-26)33(27-17-7-2-8-18-27)35-25-28-19-13-14-24-31(28)36(29-20-9-3-10-21-29)30-22-11-4-12-23-30/h1-24,32-33,35H,25,34H2/t32-,33-/m0/s1. The molecule has 0 aromatic heterocycles. The number of hydrogen-bond donors (Lipinski definition) is 2. The predicted molar refractivity (Wildman–Crippen MR) is 155 cm³/mol. The largest absolute Gasteiger partial charge is 0.322 e. The van der Waals surface area contributed by atoms with Crippen LogP contribution < -0.4 is 27.0 Å². The van der Waals surface area contributed by atoms with Crippen LogP contribution in [-0.4, -0.2) is 0 Å². The van der Waals surface area contributed by atoms with E-state index in [1.165, 1.54) is 27.0 Å². The zero-order valence-electron chi connectivity index (χ0n) is 20.2. The van der Waals surface area contributed by atoms with Crippen molar-refractivity contribution in [2.24, 2.45) is 5.73 Å². The lowest BCUT2D eigenvalue weighted by Gasteiger charge is -2.28. The minimum absolute atomic E-state index is 0.0127. The van der Waals surface area contributed by atoms with Gasteiger partial charge >= 0.3 is 0 Å². The van der Waals surface area contributed by atoms with Gasteiger partial charge in [0.2, 0.25) is 0 Å². The van der Waals surface area contributed by atoms with Crippen molar-refractivity contribution in [3.8, 4) is 0 Å². The van der Waals surface area contributed by atoms with Crippen molar-refractivity contribution in [1.82, 2.24) is 5.32 Å². The third-order valence-electron chi connectivity index (χ3n) is 6.48. The summed E-state index contributed by atoms with van der Waals surface area (Å²) in [5.41, 5.74) is 10.5. The number of nitrogens with two attached hydrogens (primary N) is 1. The fraction of sp³-hybridized carbons (Fsp3) is 0.0909. The van der Waals surface area contributed by atoms with E-state index in [1.807, 2.05) is 6.07 Å². The molecule has 3 N–H and O–H groups in total. The van der Waals surface area contributed by atoms with E-state index in [1.54, 1.807) is 0 Å². The van der Waals surface area contributed by atoms with Gasteiger partial charge in [0.15, 0.2) is 0 Å². The maximum absolute atomic E-state index is 6.86. The Balaban J connectivity index is 1.49. The Bertz CT molecular complexity index is 1300. The number of nitrogens with one attached hydrogen (secondary N) is 1. The maximum Gasteiger partial charge on any atom is 0.0518 e. The monoisotopic (exact) mass is 486 g/mol. The average Bonchev–Trinajstić information content (AvgIpc) is 2.96. The van der Waals surface area contributed by atoms with E-state index >= 15 is 0 Å². The summed E-state index contributed by atoms with van der Waals surface area (Å²) < 4.78 is 0. The van der Waals surface area contributed by atoms with Gasteiger partial charge in [-0.2, -0.15) is 0 Å². The minimum Gasteiger partial charge on any atom is -0.322 e. The van der Waals surface area contributed by atoms with Crippen LogP contribution in [0.4, 0.5) is 0 Å². The van der Waals surface area contributed by atoms with Gasteiger partial charge in [-0.15, -0.1) is 0 Å². The average molecular weight is 487 g/mol. The first-order chi connectivity index (χ1) is 17.8. The summed E-state index contributed by atoms with van der Waals surface area (Å²) in [6.45, 7) is 0.731. The lowest BCUT2D eigenvalue weighted by atomic mass is 9.94. The van der Waals surface area contributed by atoms with E-state index in [-0.39, 0.29) is 12.1 Å². The lowest BCUT2D eigenvalue weighted by Crippen LogP contribution is -2.33. The highest BCUT2D eigenvalue weighted by atomic mass is 31.1. The van der Waals surface area contributed by atoms with Gasteiger partial charge in [0.05, 0.1) is 6.04 Å². The Morgan fingerprint density at radius 1 is 0.528 bits per heavy atom. The van der Waals surface area contributed by atoms with Crippen LogP contribution in [0, 0.1) is 0 Å². The summed E-state index contributed by atoms with van der Waals surface area (Å²) in [5.74, 6) is 0. The van der Waals surface area contributed by atoms with Crippen LogP contribution in [0.2, 0.25) is 0 Å². The summed E-state index contributed by atoms with van der Waals surface area (Å²) in [6, 6.07) is 51.3. The lowest BCUT2D eigenvalue weighted by molar-refractivity contribution is 0.452. The van der Waals surface area contributed by atoms with Crippen molar-refractivity contribution in [3.05, 3.63) is 162 Å². The van der Waals surface area contributed by atoms with Gasteiger partial charge in [-0.3, -0.25) is 0 Å². The minimum atomic E-state index is -0.682. The molecule has 0 saturated heterocycles. The smallest absolute Gasteiger partial charge is 0.0518 e. The molecule has 0 spiro atoms. The van der Waals surface area contributed by atoms with Gasteiger partial charge in [-0.25, -0.2) is 0 Å². The molecule has 178 valence electrons. The highest BCUT2D eigenvalue weighted by Gasteiger charge is 2.23. The summed E-state index contributed by atoms with van der Waals surface area (Å²) in [4.78, 5) is 0. The van der Waals surface area contributed by atoms with Gasteiger partial charge < -0.3 is 11.1 Å². The van der Waals surface area contributed by atoms with Gasteiger partial charge in [0.25, 0.3) is 0 Å². The fourth-order valence-electron chi connectivity index (χ4n) is 4.66. The van der Waals surface area contributed by atoms with Crippen LogP contribution in [0.3, 0.4) is 0 Å². The molecule has 0 amide bonds. The van der Waals surface area contributed by atoms with Crippen LogP contribution in [0.1, 0.15) is 28.8 Å². The molecular weight excluding hydrogens is 455 g/mol. The normalized spacial score (nSPS) is 12.8. The summed E-state index contributed by atoms with van der Waals surface area (Å²) in [5, 5.41) is 7.91. The molecule has 5 aromatic rings. The first kappa shape index (κ1) is 24.2. The maximum atomic E-state index is 6.86. The molecule has 0 bridgehead atoms. The van der Waals surface area contributed by atoms with Crippen molar-refractivity contribution in [1.29, 1.82) is 0 Å². The second-order valence-corrected chi connectivity index (χ2v) is 11.0. The quantitative estimate of drug-likeness (QED) is 0.252. The van der Waals surface area contributed by atoms with Crippen LogP contribution in [0.5, 0.6) is 0 Å². The number of benzene rings is 5. The molecule has 2 atom stereocenters. The predicted octanol–water partition coefficient (Wildman–Crippen LogP) is 5.98. The zero-order valence-corrected chi connectivity index (χ0v) is 21.1. The van der Waals surface area contributed by atoms with Gasteiger partial charge in [-0.05, 0) is 40.5 Å². The summed E-state index contributed by atoms with van der Waals surface area (Å²) >= 11 is 0. The number of rotatable bonds is 9. The van der Waals surface area contributed by atoms with E-state index in [0.29, 0.717) is 0 Å². The summed E-state index contributed by atoms with van der Waals surface area (Å²) in [6.07, 6.45) is 0. The van der Waals surface area contributed by atoms with E-state index in [2.05, 4.69) is 145 Å². The molecule has 5 aromatic carbocycles. The van der Waals surface area contributed by atoms with Crippen LogP contribution in [0.15, 0.2) is 146 Å². The molecule has 0 aliphatic heterocycles. The third-order valence-corrected chi connectivity index (χ3v) is 9.02. The van der Waals surface area contributed by atoms with Crippen molar-refractivity contribution >= 4 is 23.8 Å². The fourth-order valence-corrected chi connectivity index (χ4v) is 7.13. The van der Waals surface area contributed by atoms with Crippen LogP contribution in [-0.2, 0) is 6.54 Å². The first-order valence-corrected chi connectivity index (χ1v) is 13.7. The molecule has 3 heteroatoms. The Morgan fingerprint density at radius 2 is 0.972 bits per heavy atom. The summed E-state index contributed by atoms with van der Waals surface area (Å²) in [7, 11) is -0.682. The molecular formula is C33H31N2P. The highest BCUT2D eigenvalue weighted by molar-refractivity contribution is 7.79. The molecule has 2 nitrogen and oxygen atoms in total. The number of hydrogen-bond acceptors (Lipinski definition) is 2. The molecule has 0 saturated carbocycles. The first-order valence-electron chi connectivity index (χ1n) is 12.4. The van der Waals surface area contributed by atoms with Gasteiger partial charge in [-0.1, -0.05) is 146 Å². The van der Waals surface area contributed by atoms with Crippen molar-refractivity contribution < 1.29 is 0 Å². The molecule has 36 heavy (non-hydrogen) atoms. The molecule has 0 radical (unpaired) electrons. The van der Waals surface area contributed by atoms with Crippen LogP contribution in [0.25, 0.3) is 0 Å². The van der Waals surface area contributed by atoms with Gasteiger partial charge in [0.1, 0.15) is 0 Å². The molecule has 0 aliphatic rings. The molecule has 5 rings (SSSR count). The molecule has 0 heterocycles. The van der Waals surface area contributed by atoms with E-state index in [0.717, 1.165) is 12.1 Å². The van der Waals surface area contributed by atoms with E-state index in [9.17, 15) is 0 Å². The molecule has 0 unspecified atom stereocenters. The van der Waals surface area contributed by atoms with Crippen molar-refractivity contribution in [2.75, 3.05) is 0 Å². The Labute approximate surface area is 215 Å².